The molecule has 0 saturated heterocycles. The topological polar surface area (TPSA) is 86.6 Å². The van der Waals surface area contributed by atoms with Gasteiger partial charge in [-0.25, -0.2) is 4.79 Å². The Morgan fingerprint density at radius 1 is 1.05 bits per heavy atom. The molecule has 1 atom stereocenters. The fourth-order valence-corrected chi connectivity index (χ4v) is 2.04. The summed E-state index contributed by atoms with van der Waals surface area (Å²) in [5.74, 6) is -2.53. The Balaban J connectivity index is 2.00. The van der Waals surface area contributed by atoms with E-state index >= 15 is 0 Å². The number of hydrogen-bond donors (Lipinski definition) is 3. The van der Waals surface area contributed by atoms with Crippen molar-refractivity contribution in [3.05, 3.63) is 65.7 Å². The van der Waals surface area contributed by atoms with Crippen LogP contribution in [0.5, 0.6) is 0 Å². The number of aliphatic hydroxyl groups excluding tert-OH is 1. The number of carbonyl (C=O) groups excluding carboxylic acids is 1. The average molecular weight is 299 g/mol. The molecule has 1 unspecified atom stereocenters. The zero-order chi connectivity index (χ0) is 15.9. The third-order valence-corrected chi connectivity index (χ3v) is 3.23. The highest BCUT2D eigenvalue weighted by molar-refractivity contribution is 6.32. The van der Waals surface area contributed by atoms with Crippen LogP contribution in [0.2, 0.25) is 0 Å². The molecule has 5 nitrogen and oxygen atoms in total. The third-order valence-electron chi connectivity index (χ3n) is 3.23. The van der Waals surface area contributed by atoms with E-state index in [2.05, 4.69) is 5.32 Å². The molecular weight excluding hydrogens is 282 g/mol. The van der Waals surface area contributed by atoms with Crippen LogP contribution in [0.15, 0.2) is 54.6 Å². The van der Waals surface area contributed by atoms with Crippen LogP contribution in [0.3, 0.4) is 0 Å². The van der Waals surface area contributed by atoms with E-state index in [1.807, 2.05) is 36.4 Å². The van der Waals surface area contributed by atoms with E-state index in [1.165, 1.54) is 0 Å². The summed E-state index contributed by atoms with van der Waals surface area (Å²) in [5.41, 5.74) is 2.42. The van der Waals surface area contributed by atoms with Crippen LogP contribution in [0, 0.1) is 0 Å². The smallest absolute Gasteiger partial charge is 0.372 e. The Bertz CT molecular complexity index is 655. The lowest BCUT2D eigenvalue weighted by Crippen LogP contribution is -2.16. The van der Waals surface area contributed by atoms with Gasteiger partial charge in [0.05, 0.1) is 6.10 Å². The molecule has 0 amide bonds. The summed E-state index contributed by atoms with van der Waals surface area (Å²) < 4.78 is 0. The second-order valence-electron chi connectivity index (χ2n) is 4.91. The van der Waals surface area contributed by atoms with E-state index in [0.29, 0.717) is 12.1 Å². The predicted molar refractivity (Wildman–Crippen MR) is 82.4 cm³/mol. The Kier molecular flexibility index (Phi) is 5.27. The summed E-state index contributed by atoms with van der Waals surface area (Å²) in [7, 11) is 0. The van der Waals surface area contributed by atoms with Crippen LogP contribution in [-0.2, 0) is 16.1 Å². The SMILES string of the molecule is O=C(O)C(=O)CC(O)c1cccc(NCc2ccccc2)c1. The Labute approximate surface area is 128 Å². The van der Waals surface area contributed by atoms with Gasteiger partial charge in [-0.15, -0.1) is 0 Å². The van der Waals surface area contributed by atoms with Crippen molar-refractivity contribution in [2.45, 2.75) is 19.1 Å². The lowest BCUT2D eigenvalue weighted by atomic mass is 10.0. The van der Waals surface area contributed by atoms with E-state index in [4.69, 9.17) is 5.11 Å². The highest BCUT2D eigenvalue weighted by Crippen LogP contribution is 2.21. The summed E-state index contributed by atoms with van der Waals surface area (Å²) >= 11 is 0. The molecule has 2 aromatic rings. The fraction of sp³-hybridized carbons (Fsp3) is 0.176. The fourth-order valence-electron chi connectivity index (χ4n) is 2.04. The molecule has 0 aliphatic rings. The lowest BCUT2D eigenvalue weighted by molar-refractivity contribution is -0.150. The predicted octanol–water partition coefficient (Wildman–Crippen LogP) is 2.38. The molecule has 0 aliphatic heterocycles. The van der Waals surface area contributed by atoms with Gasteiger partial charge in [-0.2, -0.15) is 0 Å². The number of carboxylic acids is 1. The van der Waals surface area contributed by atoms with Crippen molar-refractivity contribution < 1.29 is 19.8 Å². The van der Waals surface area contributed by atoms with Crippen LogP contribution in [-0.4, -0.2) is 22.0 Å². The molecule has 0 heterocycles. The molecule has 0 fully saturated rings. The van der Waals surface area contributed by atoms with Crippen LogP contribution < -0.4 is 5.32 Å². The summed E-state index contributed by atoms with van der Waals surface area (Å²) in [6, 6.07) is 16.8. The quantitative estimate of drug-likeness (QED) is 0.683. The maximum absolute atomic E-state index is 11.1. The first-order valence-electron chi connectivity index (χ1n) is 6.88. The van der Waals surface area contributed by atoms with Crippen LogP contribution in [0.1, 0.15) is 23.7 Å². The van der Waals surface area contributed by atoms with Crippen molar-refractivity contribution in [2.24, 2.45) is 0 Å². The summed E-state index contributed by atoms with van der Waals surface area (Å²) in [5, 5.41) is 21.7. The largest absolute Gasteiger partial charge is 0.475 e. The number of ketones is 1. The van der Waals surface area contributed by atoms with Crippen LogP contribution >= 0.6 is 0 Å². The number of nitrogens with one attached hydrogen (secondary N) is 1. The summed E-state index contributed by atoms with van der Waals surface area (Å²) in [4.78, 5) is 21.7. The van der Waals surface area contributed by atoms with E-state index < -0.39 is 24.3 Å². The molecule has 22 heavy (non-hydrogen) atoms. The van der Waals surface area contributed by atoms with Crippen LogP contribution in [0.25, 0.3) is 0 Å². The van der Waals surface area contributed by atoms with Gasteiger partial charge >= 0.3 is 5.97 Å². The van der Waals surface area contributed by atoms with Gasteiger partial charge in [0.25, 0.3) is 0 Å². The maximum atomic E-state index is 11.1. The van der Waals surface area contributed by atoms with E-state index in [1.54, 1.807) is 18.2 Å². The first kappa shape index (κ1) is 15.7. The van der Waals surface area contributed by atoms with Crippen molar-refractivity contribution >= 4 is 17.4 Å². The zero-order valence-electron chi connectivity index (χ0n) is 11.9. The van der Waals surface area contributed by atoms with Crippen LogP contribution in [0.4, 0.5) is 5.69 Å². The minimum atomic E-state index is -1.53. The van der Waals surface area contributed by atoms with Gasteiger partial charge in [0.1, 0.15) is 0 Å². The van der Waals surface area contributed by atoms with Crippen molar-refractivity contribution in [3.63, 3.8) is 0 Å². The van der Waals surface area contributed by atoms with Crippen molar-refractivity contribution in [2.75, 3.05) is 5.32 Å². The van der Waals surface area contributed by atoms with E-state index in [9.17, 15) is 14.7 Å². The molecule has 0 aromatic heterocycles. The maximum Gasteiger partial charge on any atom is 0.372 e. The first-order chi connectivity index (χ1) is 10.6. The molecule has 2 rings (SSSR count). The van der Waals surface area contributed by atoms with Gasteiger partial charge in [-0.05, 0) is 23.3 Å². The molecule has 0 aliphatic carbocycles. The summed E-state index contributed by atoms with van der Waals surface area (Å²) in [6.45, 7) is 0.633. The molecule has 5 heteroatoms. The van der Waals surface area contributed by atoms with Crippen molar-refractivity contribution in [3.8, 4) is 0 Å². The van der Waals surface area contributed by atoms with Gasteiger partial charge in [0.15, 0.2) is 0 Å². The molecule has 0 spiro atoms. The molecule has 0 radical (unpaired) electrons. The normalized spacial score (nSPS) is 11.7. The van der Waals surface area contributed by atoms with Gasteiger partial charge in [0.2, 0.25) is 5.78 Å². The Morgan fingerprint density at radius 2 is 1.77 bits per heavy atom. The molecule has 2 aromatic carbocycles. The highest BCUT2D eigenvalue weighted by atomic mass is 16.4. The number of carboxylic acid groups (broad SMARTS) is 1. The van der Waals surface area contributed by atoms with Gasteiger partial charge < -0.3 is 15.5 Å². The Hall–Kier alpha value is -2.66. The van der Waals surface area contributed by atoms with E-state index in [0.717, 1.165) is 11.3 Å². The average Bonchev–Trinajstić information content (AvgIpc) is 2.54. The molecule has 0 saturated carbocycles. The molecule has 3 N–H and O–H groups in total. The molecule has 0 bridgehead atoms. The zero-order valence-corrected chi connectivity index (χ0v) is 11.9. The minimum Gasteiger partial charge on any atom is -0.475 e. The lowest BCUT2D eigenvalue weighted by Gasteiger charge is -2.12. The molecule has 114 valence electrons. The van der Waals surface area contributed by atoms with Gasteiger partial charge in [0, 0.05) is 18.7 Å². The number of aliphatic hydroxyl groups is 1. The standard InChI is InChI=1S/C17H17NO4/c19-15(10-16(20)17(21)22)13-7-4-8-14(9-13)18-11-12-5-2-1-3-6-12/h1-9,15,18-19H,10-11H2,(H,21,22). The second-order valence-corrected chi connectivity index (χ2v) is 4.91. The summed E-state index contributed by atoms with van der Waals surface area (Å²) in [6.07, 6.45) is -1.56. The number of Topliss-reactive ketones (excluding diaryl/α,β-unsaturated/α-hetero) is 1. The number of benzene rings is 2. The number of rotatable bonds is 7. The van der Waals surface area contributed by atoms with Crippen molar-refractivity contribution in [1.29, 1.82) is 0 Å². The number of aliphatic carboxylic acids is 1. The number of carbonyl (C=O) groups is 2. The Morgan fingerprint density at radius 3 is 2.45 bits per heavy atom. The minimum absolute atomic E-state index is 0.433. The molecular formula is C17H17NO4. The van der Waals surface area contributed by atoms with E-state index in [-0.39, 0.29) is 0 Å². The number of hydrogen-bond acceptors (Lipinski definition) is 4. The van der Waals surface area contributed by atoms with Gasteiger partial charge in [-0.1, -0.05) is 42.5 Å². The second kappa shape index (κ2) is 7.38. The third kappa shape index (κ3) is 4.43. The van der Waals surface area contributed by atoms with Gasteiger partial charge in [-0.3, -0.25) is 4.79 Å². The first-order valence-corrected chi connectivity index (χ1v) is 6.88. The monoisotopic (exact) mass is 299 g/mol. The van der Waals surface area contributed by atoms with Crippen molar-refractivity contribution in [1.82, 2.24) is 0 Å². The highest BCUT2D eigenvalue weighted by Gasteiger charge is 2.18. The number of anilines is 1.